The molecule has 2 aromatic carbocycles. The number of furan rings is 1. The Morgan fingerprint density at radius 2 is 2.00 bits per heavy atom. The summed E-state index contributed by atoms with van der Waals surface area (Å²) in [6, 6.07) is 18.6. The molecule has 5 aromatic rings. The van der Waals surface area contributed by atoms with Crippen molar-refractivity contribution >= 4 is 22.5 Å². The molecule has 5 rings (SSSR count). The van der Waals surface area contributed by atoms with E-state index >= 15 is 0 Å². The highest BCUT2D eigenvalue weighted by Crippen LogP contribution is 2.31. The number of nitrogens with one attached hydrogen (secondary N) is 1. The van der Waals surface area contributed by atoms with Gasteiger partial charge in [-0.25, -0.2) is 4.68 Å². The van der Waals surface area contributed by atoms with Crippen LogP contribution in [0.5, 0.6) is 0 Å². The summed E-state index contributed by atoms with van der Waals surface area (Å²) in [5.74, 6) is 1.26. The van der Waals surface area contributed by atoms with E-state index in [1.54, 1.807) is 18.1 Å². The van der Waals surface area contributed by atoms with Crippen LogP contribution in [0, 0.1) is 6.92 Å². The van der Waals surface area contributed by atoms with Crippen LogP contribution in [0.1, 0.15) is 34.3 Å². The van der Waals surface area contributed by atoms with E-state index in [9.17, 15) is 4.79 Å². The van der Waals surface area contributed by atoms with Gasteiger partial charge in [-0.05, 0) is 64.7 Å². The fraction of sp³-hybridized carbons (Fsp3) is 0.259. The predicted octanol–water partition coefficient (Wildman–Crippen LogP) is 4.51. The maximum Gasteiger partial charge on any atom is 0.253 e. The molecule has 0 radical (unpaired) electrons. The van der Waals surface area contributed by atoms with Gasteiger partial charge in [0.2, 0.25) is 0 Å². The van der Waals surface area contributed by atoms with E-state index in [1.807, 2.05) is 67.6 Å². The number of pyridine rings is 1. The number of nitrogens with zero attached hydrogens (tertiary/aromatic N) is 5. The molecule has 3 heterocycles. The summed E-state index contributed by atoms with van der Waals surface area (Å²) in [5, 5.41) is 14.1. The van der Waals surface area contributed by atoms with Crippen molar-refractivity contribution in [1.29, 1.82) is 0 Å². The number of methoxy groups -OCH3 is 1. The minimum Gasteiger partial charge on any atom is -0.468 e. The van der Waals surface area contributed by atoms with Gasteiger partial charge in [-0.15, -0.1) is 5.10 Å². The maximum atomic E-state index is 13.6. The summed E-state index contributed by atoms with van der Waals surface area (Å²) >= 11 is 6.57. The van der Waals surface area contributed by atoms with Gasteiger partial charge in [-0.2, -0.15) is 0 Å². The van der Waals surface area contributed by atoms with Crippen LogP contribution in [0.4, 0.5) is 0 Å². The summed E-state index contributed by atoms with van der Waals surface area (Å²) in [6.45, 7) is 3.69. The Morgan fingerprint density at radius 3 is 2.78 bits per heavy atom. The summed E-state index contributed by atoms with van der Waals surface area (Å²) in [7, 11) is 1.62. The first-order valence-corrected chi connectivity index (χ1v) is 12.3. The second kappa shape index (κ2) is 11.1. The molecule has 0 amide bonds. The van der Waals surface area contributed by atoms with Crippen molar-refractivity contribution in [2.45, 2.75) is 32.6 Å². The molecular formula is C27H27ClN6O3. The van der Waals surface area contributed by atoms with Gasteiger partial charge in [0.15, 0.2) is 5.82 Å². The zero-order chi connectivity index (χ0) is 25.8. The molecule has 0 aliphatic carbocycles. The van der Waals surface area contributed by atoms with Crippen molar-refractivity contribution in [3.63, 3.8) is 0 Å². The van der Waals surface area contributed by atoms with Crippen LogP contribution in [0.15, 0.2) is 76.1 Å². The van der Waals surface area contributed by atoms with Crippen LogP contribution in [-0.2, 0) is 24.4 Å². The number of tetrazole rings is 1. The normalized spacial score (nSPS) is 12.4. The fourth-order valence-electron chi connectivity index (χ4n) is 4.48. The predicted molar refractivity (Wildman–Crippen MR) is 140 cm³/mol. The number of aromatic nitrogens is 5. The Kier molecular flexibility index (Phi) is 7.45. The molecule has 0 saturated carbocycles. The zero-order valence-corrected chi connectivity index (χ0v) is 21.4. The van der Waals surface area contributed by atoms with Gasteiger partial charge in [0.05, 0.1) is 26.0 Å². The highest BCUT2D eigenvalue weighted by molar-refractivity contribution is 6.31. The Labute approximate surface area is 218 Å². The van der Waals surface area contributed by atoms with Crippen LogP contribution in [-0.4, -0.2) is 43.8 Å². The number of ether oxygens (including phenoxy) is 1. The lowest BCUT2D eigenvalue weighted by Gasteiger charge is -2.30. The number of fused-ring (bicyclic) bond motifs is 1. The third-order valence-corrected chi connectivity index (χ3v) is 6.64. The van der Waals surface area contributed by atoms with Crippen molar-refractivity contribution in [3.05, 3.63) is 111 Å². The molecule has 0 aliphatic rings. The van der Waals surface area contributed by atoms with Crippen molar-refractivity contribution in [1.82, 2.24) is 30.1 Å². The SMILES string of the molecule is COCCn1nnnc1[C@@H](c1cc2cc(C)ccc2[nH]c1=O)N(Cc1ccco1)Cc1ccccc1Cl. The van der Waals surface area contributed by atoms with Gasteiger partial charge in [0.1, 0.15) is 11.8 Å². The van der Waals surface area contributed by atoms with E-state index in [1.165, 1.54) is 0 Å². The van der Waals surface area contributed by atoms with Gasteiger partial charge >= 0.3 is 0 Å². The molecule has 0 bridgehead atoms. The molecule has 10 heteroatoms. The first-order chi connectivity index (χ1) is 18.0. The first kappa shape index (κ1) is 24.9. The minimum atomic E-state index is -0.609. The summed E-state index contributed by atoms with van der Waals surface area (Å²) in [5.41, 5.74) is 3.07. The van der Waals surface area contributed by atoms with E-state index in [4.69, 9.17) is 20.8 Å². The molecule has 0 saturated heterocycles. The Balaban J connectivity index is 1.70. The van der Waals surface area contributed by atoms with Crippen LogP contribution in [0.25, 0.3) is 10.9 Å². The second-order valence-electron chi connectivity index (χ2n) is 8.88. The summed E-state index contributed by atoms with van der Waals surface area (Å²) in [6.07, 6.45) is 1.63. The van der Waals surface area contributed by atoms with Gasteiger partial charge in [0, 0.05) is 29.8 Å². The molecule has 1 N–H and O–H groups in total. The number of hydrogen-bond donors (Lipinski definition) is 1. The van der Waals surface area contributed by atoms with Gasteiger partial charge in [-0.1, -0.05) is 41.4 Å². The average Bonchev–Trinajstić information content (AvgIpc) is 3.57. The van der Waals surface area contributed by atoms with E-state index in [0.29, 0.717) is 42.7 Å². The van der Waals surface area contributed by atoms with Gasteiger partial charge in [0.25, 0.3) is 5.56 Å². The average molecular weight is 519 g/mol. The first-order valence-electron chi connectivity index (χ1n) is 11.9. The van der Waals surface area contributed by atoms with Crippen LogP contribution >= 0.6 is 11.6 Å². The van der Waals surface area contributed by atoms with Crippen molar-refractivity contribution in [2.75, 3.05) is 13.7 Å². The Morgan fingerprint density at radius 1 is 1.14 bits per heavy atom. The lowest BCUT2D eigenvalue weighted by molar-refractivity contribution is 0.163. The largest absolute Gasteiger partial charge is 0.468 e. The molecule has 0 unspecified atom stereocenters. The number of halogens is 1. The van der Waals surface area contributed by atoms with Gasteiger partial charge < -0.3 is 14.1 Å². The monoisotopic (exact) mass is 518 g/mol. The number of aryl methyl sites for hydroxylation is 1. The number of benzene rings is 2. The van der Waals surface area contributed by atoms with E-state index < -0.39 is 6.04 Å². The standard InChI is InChI=1S/C27H27ClN6O3/c1-18-9-10-24-20(14-18)15-22(27(35)29-24)25(26-30-31-32-34(26)11-13-36-2)33(17-21-7-5-12-37-21)16-19-6-3-4-8-23(19)28/h3-10,12,14-15,25H,11,13,16-17H2,1-2H3,(H,29,35)/t25-/m1/s1. The molecule has 37 heavy (non-hydrogen) atoms. The fourth-order valence-corrected chi connectivity index (χ4v) is 4.67. The Bertz CT molecular complexity index is 1550. The molecular weight excluding hydrogens is 492 g/mol. The summed E-state index contributed by atoms with van der Waals surface area (Å²) in [4.78, 5) is 18.7. The topological polar surface area (TPSA) is 102 Å². The smallest absolute Gasteiger partial charge is 0.253 e. The molecule has 190 valence electrons. The van der Waals surface area contributed by atoms with E-state index in [0.717, 1.165) is 27.8 Å². The van der Waals surface area contributed by atoms with Crippen molar-refractivity contribution < 1.29 is 9.15 Å². The molecule has 1 atom stereocenters. The van der Waals surface area contributed by atoms with Crippen LogP contribution < -0.4 is 5.56 Å². The third kappa shape index (κ3) is 5.48. The van der Waals surface area contributed by atoms with E-state index in [2.05, 4.69) is 25.4 Å². The zero-order valence-electron chi connectivity index (χ0n) is 20.6. The lowest BCUT2D eigenvalue weighted by Crippen LogP contribution is -2.35. The number of H-pyrrole nitrogens is 1. The van der Waals surface area contributed by atoms with Crippen molar-refractivity contribution in [2.24, 2.45) is 0 Å². The highest BCUT2D eigenvalue weighted by Gasteiger charge is 2.31. The molecule has 9 nitrogen and oxygen atoms in total. The number of rotatable bonds is 10. The molecule has 0 spiro atoms. The second-order valence-corrected chi connectivity index (χ2v) is 9.28. The number of hydrogen-bond acceptors (Lipinski definition) is 7. The lowest BCUT2D eigenvalue weighted by atomic mass is 10.0. The molecule has 3 aromatic heterocycles. The van der Waals surface area contributed by atoms with E-state index in [-0.39, 0.29) is 5.56 Å². The van der Waals surface area contributed by atoms with Crippen molar-refractivity contribution in [3.8, 4) is 0 Å². The van der Waals surface area contributed by atoms with Crippen LogP contribution in [0.3, 0.4) is 0 Å². The maximum absolute atomic E-state index is 13.6. The number of aromatic amines is 1. The minimum absolute atomic E-state index is 0.216. The molecule has 0 aliphatic heterocycles. The summed E-state index contributed by atoms with van der Waals surface area (Å²) < 4.78 is 12.7. The van der Waals surface area contributed by atoms with Gasteiger partial charge in [-0.3, -0.25) is 9.69 Å². The Hall–Kier alpha value is -3.79. The molecule has 0 fully saturated rings. The highest BCUT2D eigenvalue weighted by atomic mass is 35.5. The third-order valence-electron chi connectivity index (χ3n) is 6.27. The van der Waals surface area contributed by atoms with Crippen LogP contribution in [0.2, 0.25) is 5.02 Å². The quantitative estimate of drug-likeness (QED) is 0.290.